The first-order valence-corrected chi connectivity index (χ1v) is 2.69. The molecule has 0 aromatic rings. The first-order valence-electron chi connectivity index (χ1n) is 2.69. The molecule has 0 amide bonds. The Hall–Kier alpha value is -0.160. The first kappa shape index (κ1) is 7.84. The quantitative estimate of drug-likeness (QED) is 0.338. The molecule has 0 bridgehead atoms. The van der Waals surface area contributed by atoms with E-state index in [2.05, 4.69) is 5.32 Å². The Bertz CT molecular complexity index is 54.0. The number of hydrogen-bond donors (Lipinski definition) is 4. The van der Waals surface area contributed by atoms with Crippen LogP contribution in [0.1, 0.15) is 13.3 Å². The van der Waals surface area contributed by atoms with Crippen molar-refractivity contribution in [1.82, 2.24) is 5.32 Å². The van der Waals surface area contributed by atoms with Gasteiger partial charge in [0, 0.05) is 0 Å². The molecule has 4 heteroatoms. The lowest BCUT2D eigenvalue weighted by Crippen LogP contribution is -2.53. The molecule has 0 radical (unpaired) electrons. The number of hydrogen-bond acceptors (Lipinski definition) is 4. The maximum Gasteiger partial charge on any atom is 0.108 e. The summed E-state index contributed by atoms with van der Waals surface area (Å²) in [6, 6.07) is 0. The van der Waals surface area contributed by atoms with Crippen molar-refractivity contribution in [2.75, 3.05) is 0 Å². The third-order valence-corrected chi connectivity index (χ3v) is 0.846. The maximum absolute atomic E-state index is 5.40. The highest BCUT2D eigenvalue weighted by molar-refractivity contribution is 4.56. The average Bonchev–Trinajstić information content (AvgIpc) is 1.65. The Morgan fingerprint density at radius 1 is 1.38 bits per heavy atom. The molecular formula is C4H14N4. The fourth-order valence-corrected chi connectivity index (χ4v) is 0.365. The molecule has 0 aliphatic heterocycles. The van der Waals surface area contributed by atoms with E-state index >= 15 is 0 Å². The molecule has 1 unspecified atom stereocenters. The van der Waals surface area contributed by atoms with Gasteiger partial charge in [-0.15, -0.1) is 0 Å². The molecule has 0 heterocycles. The van der Waals surface area contributed by atoms with E-state index in [0.29, 0.717) is 0 Å². The lowest BCUT2D eigenvalue weighted by atomic mass is 10.4. The zero-order valence-electron chi connectivity index (χ0n) is 5.09. The van der Waals surface area contributed by atoms with Crippen molar-refractivity contribution in [3.63, 3.8) is 0 Å². The van der Waals surface area contributed by atoms with E-state index in [4.69, 9.17) is 17.2 Å². The van der Waals surface area contributed by atoms with Crippen molar-refractivity contribution in [2.24, 2.45) is 17.2 Å². The molecule has 4 nitrogen and oxygen atoms in total. The topological polar surface area (TPSA) is 90.1 Å². The van der Waals surface area contributed by atoms with E-state index in [9.17, 15) is 0 Å². The monoisotopic (exact) mass is 118 g/mol. The van der Waals surface area contributed by atoms with E-state index in [1.165, 1.54) is 0 Å². The van der Waals surface area contributed by atoms with E-state index in [1.807, 2.05) is 6.92 Å². The second-order valence-electron chi connectivity index (χ2n) is 1.71. The Labute approximate surface area is 49.4 Å². The molecule has 0 saturated carbocycles. The van der Waals surface area contributed by atoms with Crippen LogP contribution in [0.3, 0.4) is 0 Å². The molecule has 0 rings (SSSR count). The Morgan fingerprint density at radius 3 is 2.00 bits per heavy atom. The first-order chi connectivity index (χ1) is 3.66. The van der Waals surface area contributed by atoms with Gasteiger partial charge in [0.15, 0.2) is 0 Å². The number of nitrogens with two attached hydrogens (primary N) is 3. The molecule has 7 N–H and O–H groups in total. The summed E-state index contributed by atoms with van der Waals surface area (Å²) < 4.78 is 0. The number of nitrogens with one attached hydrogen (secondary N) is 1. The minimum atomic E-state index is -0.495. The SMILES string of the molecule is CCC(N)NC(N)N. The number of rotatable bonds is 3. The standard InChI is InChI=1S/C4H14N4/c1-2-3(5)8-4(6)7/h3-4,8H,2,5-7H2,1H3. The van der Waals surface area contributed by atoms with Crippen LogP contribution in [-0.4, -0.2) is 12.5 Å². The molecular weight excluding hydrogens is 104 g/mol. The van der Waals surface area contributed by atoms with Crippen molar-refractivity contribution in [3.05, 3.63) is 0 Å². The van der Waals surface area contributed by atoms with Gasteiger partial charge in [0.05, 0.1) is 6.17 Å². The summed E-state index contributed by atoms with van der Waals surface area (Å²) in [7, 11) is 0. The fourth-order valence-electron chi connectivity index (χ4n) is 0.365. The van der Waals surface area contributed by atoms with Crippen LogP contribution < -0.4 is 22.5 Å². The summed E-state index contributed by atoms with van der Waals surface area (Å²) in [5.74, 6) is 0. The second-order valence-corrected chi connectivity index (χ2v) is 1.71. The van der Waals surface area contributed by atoms with Crippen molar-refractivity contribution < 1.29 is 0 Å². The Morgan fingerprint density at radius 2 is 1.88 bits per heavy atom. The zero-order chi connectivity index (χ0) is 6.57. The van der Waals surface area contributed by atoms with Crippen LogP contribution in [0.15, 0.2) is 0 Å². The minimum Gasteiger partial charge on any atom is -0.316 e. The van der Waals surface area contributed by atoms with Gasteiger partial charge in [-0.3, -0.25) is 5.32 Å². The molecule has 0 aliphatic rings. The summed E-state index contributed by atoms with van der Waals surface area (Å²) in [5, 5.41) is 2.73. The summed E-state index contributed by atoms with van der Waals surface area (Å²) in [6.45, 7) is 1.96. The van der Waals surface area contributed by atoms with Gasteiger partial charge in [-0.2, -0.15) is 0 Å². The van der Waals surface area contributed by atoms with Crippen LogP contribution in [0.2, 0.25) is 0 Å². The molecule has 0 aromatic heterocycles. The third kappa shape index (κ3) is 4.01. The summed E-state index contributed by atoms with van der Waals surface area (Å²) >= 11 is 0. The van der Waals surface area contributed by atoms with Crippen molar-refractivity contribution in [2.45, 2.75) is 25.8 Å². The Kier molecular flexibility index (Phi) is 3.72. The smallest absolute Gasteiger partial charge is 0.108 e. The van der Waals surface area contributed by atoms with Gasteiger partial charge >= 0.3 is 0 Å². The highest BCUT2D eigenvalue weighted by atomic mass is 15.2. The van der Waals surface area contributed by atoms with Gasteiger partial charge in [0.25, 0.3) is 0 Å². The lowest BCUT2D eigenvalue weighted by Gasteiger charge is -2.13. The molecule has 0 saturated heterocycles. The zero-order valence-corrected chi connectivity index (χ0v) is 5.09. The molecule has 0 aliphatic carbocycles. The third-order valence-electron chi connectivity index (χ3n) is 0.846. The summed E-state index contributed by atoms with van der Waals surface area (Å²) in [6.07, 6.45) is 0.269. The van der Waals surface area contributed by atoms with Crippen LogP contribution >= 0.6 is 0 Å². The van der Waals surface area contributed by atoms with Gasteiger partial charge < -0.3 is 17.2 Å². The fraction of sp³-hybridized carbons (Fsp3) is 1.00. The summed E-state index contributed by atoms with van der Waals surface area (Å²) in [4.78, 5) is 0. The van der Waals surface area contributed by atoms with E-state index in [0.717, 1.165) is 6.42 Å². The second kappa shape index (κ2) is 3.80. The van der Waals surface area contributed by atoms with Gasteiger partial charge in [-0.25, -0.2) is 0 Å². The van der Waals surface area contributed by atoms with E-state index in [1.54, 1.807) is 0 Å². The van der Waals surface area contributed by atoms with E-state index < -0.39 is 6.29 Å². The van der Waals surface area contributed by atoms with Crippen LogP contribution in [0.4, 0.5) is 0 Å². The van der Waals surface area contributed by atoms with Gasteiger partial charge in [0.2, 0.25) is 0 Å². The highest BCUT2D eigenvalue weighted by Crippen LogP contribution is 1.76. The van der Waals surface area contributed by atoms with Gasteiger partial charge in [-0.1, -0.05) is 6.92 Å². The molecule has 0 aromatic carbocycles. The molecule has 8 heavy (non-hydrogen) atoms. The van der Waals surface area contributed by atoms with Crippen molar-refractivity contribution in [3.8, 4) is 0 Å². The van der Waals surface area contributed by atoms with Crippen molar-refractivity contribution in [1.29, 1.82) is 0 Å². The maximum atomic E-state index is 5.40. The van der Waals surface area contributed by atoms with Gasteiger partial charge in [-0.05, 0) is 6.42 Å². The van der Waals surface area contributed by atoms with Gasteiger partial charge in [0.1, 0.15) is 6.29 Å². The van der Waals surface area contributed by atoms with Crippen LogP contribution in [0, 0.1) is 0 Å². The molecule has 50 valence electrons. The van der Waals surface area contributed by atoms with E-state index in [-0.39, 0.29) is 6.17 Å². The Balaban J connectivity index is 3.10. The molecule has 0 spiro atoms. The predicted octanol–water partition coefficient (Wildman–Crippen LogP) is -1.53. The summed E-state index contributed by atoms with van der Waals surface area (Å²) in [5.41, 5.74) is 15.7. The van der Waals surface area contributed by atoms with Crippen LogP contribution in [0.25, 0.3) is 0 Å². The molecule has 0 fully saturated rings. The molecule has 1 atom stereocenters. The average molecular weight is 118 g/mol. The van der Waals surface area contributed by atoms with Crippen LogP contribution in [-0.2, 0) is 0 Å². The highest BCUT2D eigenvalue weighted by Gasteiger charge is 1.97. The predicted molar refractivity (Wildman–Crippen MR) is 33.6 cm³/mol. The lowest BCUT2D eigenvalue weighted by molar-refractivity contribution is 0.439. The van der Waals surface area contributed by atoms with Crippen molar-refractivity contribution >= 4 is 0 Å². The van der Waals surface area contributed by atoms with Crippen LogP contribution in [0.5, 0.6) is 0 Å². The normalized spacial score (nSPS) is 14.6. The minimum absolute atomic E-state index is 0.0741. The largest absolute Gasteiger partial charge is 0.316 e.